The first-order chi connectivity index (χ1) is 36.9. The third-order valence-electron chi connectivity index (χ3n) is 14.0. The molecule has 20 nitrogen and oxygen atoms in total. The average molecular weight is 1110 g/mol. The summed E-state index contributed by atoms with van der Waals surface area (Å²) >= 11 is 0.918. The lowest BCUT2D eigenvalue weighted by Crippen LogP contribution is -2.66. The van der Waals surface area contributed by atoms with Gasteiger partial charge in [-0.2, -0.15) is 8.78 Å². The minimum atomic E-state index is -5.87. The SMILES string of the molecule is CC(C)(C)[C@H](NC(=O)c1cc2cc(C(F)(F)P(=O)(O)O)ccc2s1)C(=O)N1CCN(C(=O)CC(=O)NCCCCCC#Cc2ccc3c(c2)C(=O)N(C2CCC(=O)NC2=O)C3=O)C[C@H]1C(=O)N1CCO[C@H](c2ccccc2)C1. The lowest BCUT2D eigenvalue weighted by atomic mass is 9.85. The van der Waals surface area contributed by atoms with E-state index < -0.39 is 108 Å². The second-order valence-electron chi connectivity index (χ2n) is 20.5. The number of amides is 9. The van der Waals surface area contributed by atoms with Gasteiger partial charge >= 0.3 is 13.3 Å². The molecule has 5 N–H and O–H groups in total. The first-order valence-electron chi connectivity index (χ1n) is 25.4. The Morgan fingerprint density at radius 1 is 0.885 bits per heavy atom. The lowest BCUT2D eigenvalue weighted by molar-refractivity contribution is -0.158. The number of imide groups is 2. The highest BCUT2D eigenvalue weighted by Gasteiger charge is 2.51. The topological polar surface area (TPSA) is 269 Å². The Hall–Kier alpha value is -7.22. The van der Waals surface area contributed by atoms with E-state index in [-0.39, 0.29) is 80.1 Å². The molecule has 3 aromatic carbocycles. The third kappa shape index (κ3) is 12.5. The number of piperidine rings is 1. The monoisotopic (exact) mass is 1110 g/mol. The fourth-order valence-corrected chi connectivity index (χ4v) is 11.1. The van der Waals surface area contributed by atoms with Gasteiger partial charge in [0.25, 0.3) is 17.7 Å². The van der Waals surface area contributed by atoms with Crippen molar-refractivity contribution in [2.24, 2.45) is 5.41 Å². The Kier molecular flexibility index (Phi) is 17.1. The molecule has 9 amide bonds. The summed E-state index contributed by atoms with van der Waals surface area (Å²) in [6, 6.07) is 14.6. The van der Waals surface area contributed by atoms with Gasteiger partial charge in [0.05, 0.1) is 35.7 Å². The Labute approximate surface area is 451 Å². The number of hydrogen-bond donors (Lipinski definition) is 5. The molecule has 1 unspecified atom stereocenters. The van der Waals surface area contributed by atoms with E-state index in [1.807, 2.05) is 30.3 Å². The number of nitrogens with one attached hydrogen (secondary N) is 3. The number of nitrogens with zero attached hydrogens (tertiary/aromatic N) is 4. The van der Waals surface area contributed by atoms with Gasteiger partial charge in [0.15, 0.2) is 0 Å². The maximum Gasteiger partial charge on any atom is 0.399 e. The quantitative estimate of drug-likeness (QED) is 0.0363. The summed E-state index contributed by atoms with van der Waals surface area (Å²) in [5.74, 6) is 0.719. The molecule has 4 aliphatic heterocycles. The first-order valence-corrected chi connectivity index (χ1v) is 27.8. The van der Waals surface area contributed by atoms with Crippen LogP contribution in [-0.2, 0) is 43.7 Å². The van der Waals surface area contributed by atoms with Crippen molar-refractivity contribution < 1.29 is 71.0 Å². The highest BCUT2D eigenvalue weighted by atomic mass is 32.1. The molecule has 0 bridgehead atoms. The molecule has 0 radical (unpaired) electrons. The summed E-state index contributed by atoms with van der Waals surface area (Å²) in [6.45, 7) is 5.49. The van der Waals surface area contributed by atoms with E-state index in [2.05, 4.69) is 27.8 Å². The van der Waals surface area contributed by atoms with Crippen LogP contribution in [0.2, 0.25) is 0 Å². The number of carbonyl (C=O) groups excluding carboxylic acids is 9. The van der Waals surface area contributed by atoms with Crippen LogP contribution in [-0.4, -0.2) is 147 Å². The molecule has 3 saturated heterocycles. The van der Waals surface area contributed by atoms with Crippen LogP contribution in [0.1, 0.15) is 119 Å². The Morgan fingerprint density at radius 3 is 2.35 bits per heavy atom. The van der Waals surface area contributed by atoms with Crippen molar-refractivity contribution in [1.29, 1.82) is 0 Å². The summed E-state index contributed by atoms with van der Waals surface area (Å²) in [5, 5.41) is 7.84. The van der Waals surface area contributed by atoms with Crippen LogP contribution in [0.5, 0.6) is 0 Å². The number of thiophene rings is 1. The van der Waals surface area contributed by atoms with Crippen LogP contribution in [0.15, 0.2) is 72.8 Å². The highest BCUT2D eigenvalue weighted by molar-refractivity contribution is 7.52. The van der Waals surface area contributed by atoms with Crippen molar-refractivity contribution in [2.45, 2.75) is 95.6 Å². The molecule has 0 aliphatic carbocycles. The van der Waals surface area contributed by atoms with Gasteiger partial charge in [-0.15, -0.1) is 11.3 Å². The minimum Gasteiger partial charge on any atom is -0.370 e. The number of hydrogen-bond acceptors (Lipinski definition) is 12. The molecule has 4 aromatic rings. The van der Waals surface area contributed by atoms with Gasteiger partial charge in [0.1, 0.15) is 30.7 Å². The molecule has 5 heterocycles. The van der Waals surface area contributed by atoms with E-state index in [0.29, 0.717) is 35.9 Å². The molecule has 8 rings (SSSR count). The van der Waals surface area contributed by atoms with Gasteiger partial charge in [-0.1, -0.05) is 75.4 Å². The van der Waals surface area contributed by atoms with Crippen molar-refractivity contribution in [3.8, 4) is 11.8 Å². The van der Waals surface area contributed by atoms with Crippen LogP contribution >= 0.6 is 18.9 Å². The average Bonchev–Trinajstić information content (AvgIpc) is 3.97. The van der Waals surface area contributed by atoms with Crippen LogP contribution in [0, 0.1) is 17.3 Å². The number of carbonyl (C=O) groups is 9. The summed E-state index contributed by atoms with van der Waals surface area (Å²) in [6.07, 6.45) is 1.46. The van der Waals surface area contributed by atoms with Gasteiger partial charge in [0, 0.05) is 54.8 Å². The Morgan fingerprint density at radius 2 is 1.63 bits per heavy atom. The smallest absolute Gasteiger partial charge is 0.370 e. The van der Waals surface area contributed by atoms with E-state index in [1.165, 1.54) is 34.1 Å². The second kappa shape index (κ2) is 23.4. The maximum atomic E-state index is 14.8. The van der Waals surface area contributed by atoms with Gasteiger partial charge in [-0.05, 0) is 72.0 Å². The van der Waals surface area contributed by atoms with Crippen molar-refractivity contribution in [1.82, 2.24) is 35.6 Å². The normalized spacial score (nSPS) is 19.4. The molecule has 0 spiro atoms. The van der Waals surface area contributed by atoms with Crippen LogP contribution in [0.3, 0.4) is 0 Å². The molecule has 0 saturated carbocycles. The predicted octanol–water partition coefficient (Wildman–Crippen LogP) is 4.43. The number of ether oxygens (including phenoxy) is 1. The van der Waals surface area contributed by atoms with E-state index in [1.54, 1.807) is 31.7 Å². The van der Waals surface area contributed by atoms with Gasteiger partial charge in [-0.25, -0.2) is 0 Å². The molecule has 1 aromatic heterocycles. The minimum absolute atomic E-state index is 0.0129. The van der Waals surface area contributed by atoms with Crippen LogP contribution in [0.25, 0.3) is 10.1 Å². The first kappa shape index (κ1) is 57.0. The predicted molar refractivity (Wildman–Crippen MR) is 278 cm³/mol. The van der Waals surface area contributed by atoms with E-state index >= 15 is 0 Å². The molecule has 4 atom stereocenters. The Bertz CT molecular complexity index is 3190. The van der Waals surface area contributed by atoms with Gasteiger partial charge in [0.2, 0.25) is 35.4 Å². The number of alkyl halides is 2. The van der Waals surface area contributed by atoms with Crippen LogP contribution in [0.4, 0.5) is 8.78 Å². The fourth-order valence-electron chi connectivity index (χ4n) is 9.71. The zero-order chi connectivity index (χ0) is 56.3. The summed E-state index contributed by atoms with van der Waals surface area (Å²) in [7, 11) is -5.87. The van der Waals surface area contributed by atoms with E-state index in [0.717, 1.165) is 33.9 Å². The van der Waals surface area contributed by atoms with Crippen molar-refractivity contribution in [3.63, 3.8) is 0 Å². The van der Waals surface area contributed by atoms with Crippen molar-refractivity contribution in [3.05, 3.63) is 105 Å². The fraction of sp³-hybridized carbons (Fsp3) is 0.426. The van der Waals surface area contributed by atoms with Crippen molar-refractivity contribution >= 4 is 82.2 Å². The van der Waals surface area contributed by atoms with E-state index in [9.17, 15) is 66.3 Å². The zero-order valence-electron chi connectivity index (χ0n) is 42.9. The van der Waals surface area contributed by atoms with Gasteiger partial charge in [-0.3, -0.25) is 57.9 Å². The number of halogens is 2. The summed E-state index contributed by atoms with van der Waals surface area (Å²) in [4.78, 5) is 144. The largest absolute Gasteiger partial charge is 0.399 e. The van der Waals surface area contributed by atoms with Gasteiger partial charge < -0.3 is 39.9 Å². The molecule has 78 heavy (non-hydrogen) atoms. The molecule has 24 heteroatoms. The molecule has 4 aliphatic rings. The standard InChI is InChI=1S/C54H58F2N7O13PS/c1-53(2,3)46(59-48(68)42-28-34-27-35(16-19-41(34)78-42)54(55,56)77(73,74)75)52(72)62-23-22-60(30-39(62)51(71)61-24-25-76-40(31-61)33-13-9-7-10-14-33)45(66)29-44(65)57-21-11-6-4-5-8-12-32-15-17-36-37(26-32)50(70)63(49(36)69)38-18-20-43(64)58-47(38)67/h7,9-10,13-17,19,26-28,38-40,46H,4-6,11,18,20-25,29-31H2,1-3H3,(H,57,65)(H,59,68)(H,58,64,67)(H2,73,74,75)/t38?,39-,40-,46+/m0/s1. The van der Waals surface area contributed by atoms with E-state index in [4.69, 9.17) is 4.74 Å². The number of piperazine rings is 1. The number of rotatable bonds is 15. The Balaban J connectivity index is 0.870. The number of fused-ring (bicyclic) bond motifs is 2. The molecular formula is C54H58F2N7O13PS. The third-order valence-corrected chi connectivity index (χ3v) is 16.1. The molecule has 412 valence electrons. The zero-order valence-corrected chi connectivity index (χ0v) is 44.6. The second-order valence-corrected chi connectivity index (χ2v) is 23.2. The highest BCUT2D eigenvalue weighted by Crippen LogP contribution is 2.59. The number of benzene rings is 3. The summed E-state index contributed by atoms with van der Waals surface area (Å²) in [5.41, 5.74) is -4.75. The molecular weight excluding hydrogens is 1060 g/mol. The maximum absolute atomic E-state index is 14.8. The number of morpholine rings is 1. The molecule has 3 fully saturated rings. The van der Waals surface area contributed by atoms with Crippen LogP contribution < -0.4 is 16.0 Å². The number of unbranched alkanes of at least 4 members (excludes halogenated alkanes) is 3. The lowest BCUT2D eigenvalue weighted by Gasteiger charge is -2.45. The van der Waals surface area contributed by atoms with Crippen molar-refractivity contribution in [2.75, 3.05) is 45.9 Å². The summed E-state index contributed by atoms with van der Waals surface area (Å²) < 4.78 is 47.1.